The van der Waals surface area contributed by atoms with Crippen molar-refractivity contribution in [3.05, 3.63) is 48.0 Å². The van der Waals surface area contributed by atoms with E-state index in [1.807, 2.05) is 50.2 Å². The molecular weight excluding hydrogens is 280 g/mol. The third-order valence-electron chi connectivity index (χ3n) is 3.19. The van der Waals surface area contributed by atoms with E-state index in [-0.39, 0.29) is 6.42 Å². The van der Waals surface area contributed by atoms with Crippen molar-refractivity contribution >= 4 is 5.97 Å². The van der Waals surface area contributed by atoms with E-state index < -0.39 is 5.97 Å². The highest BCUT2D eigenvalue weighted by Gasteiger charge is 2.15. The molecule has 0 bridgehead atoms. The van der Waals surface area contributed by atoms with Crippen LogP contribution in [0.25, 0.3) is 11.1 Å². The van der Waals surface area contributed by atoms with Crippen LogP contribution in [0.5, 0.6) is 11.5 Å². The SMILES string of the molecule is CCOc1cc(-c2ccccc2)c(OCC)cc1CC(=O)O. The molecule has 0 atom stereocenters. The van der Waals surface area contributed by atoms with Crippen LogP contribution in [0.2, 0.25) is 0 Å². The van der Waals surface area contributed by atoms with E-state index in [9.17, 15) is 4.79 Å². The molecule has 0 unspecified atom stereocenters. The molecule has 4 heteroatoms. The van der Waals surface area contributed by atoms with Crippen LogP contribution < -0.4 is 9.47 Å². The highest BCUT2D eigenvalue weighted by Crippen LogP contribution is 2.36. The molecule has 0 radical (unpaired) electrons. The molecule has 0 aromatic heterocycles. The minimum absolute atomic E-state index is 0.0928. The van der Waals surface area contributed by atoms with Crippen molar-refractivity contribution in [2.24, 2.45) is 0 Å². The first-order valence-corrected chi connectivity index (χ1v) is 7.35. The average Bonchev–Trinajstić information content (AvgIpc) is 2.50. The largest absolute Gasteiger partial charge is 0.494 e. The van der Waals surface area contributed by atoms with Crippen molar-refractivity contribution < 1.29 is 19.4 Å². The minimum atomic E-state index is -0.893. The van der Waals surface area contributed by atoms with Gasteiger partial charge in [0, 0.05) is 11.1 Å². The Balaban J connectivity index is 2.55. The Kier molecular flexibility index (Phi) is 5.42. The molecule has 4 nitrogen and oxygen atoms in total. The zero-order valence-corrected chi connectivity index (χ0v) is 12.8. The van der Waals surface area contributed by atoms with Crippen molar-refractivity contribution in [1.82, 2.24) is 0 Å². The number of carboxylic acids is 1. The third-order valence-corrected chi connectivity index (χ3v) is 3.19. The predicted molar refractivity (Wildman–Crippen MR) is 85.6 cm³/mol. The molecule has 0 aliphatic heterocycles. The van der Waals surface area contributed by atoms with E-state index in [1.54, 1.807) is 6.07 Å². The second kappa shape index (κ2) is 7.50. The maximum Gasteiger partial charge on any atom is 0.307 e. The molecule has 0 heterocycles. The number of hydrogen-bond acceptors (Lipinski definition) is 3. The fraction of sp³-hybridized carbons (Fsp3) is 0.278. The summed E-state index contributed by atoms with van der Waals surface area (Å²) >= 11 is 0. The molecule has 0 spiro atoms. The van der Waals surface area contributed by atoms with Gasteiger partial charge in [-0.25, -0.2) is 0 Å². The van der Waals surface area contributed by atoms with Gasteiger partial charge in [-0.05, 0) is 31.5 Å². The van der Waals surface area contributed by atoms with Crippen LogP contribution >= 0.6 is 0 Å². The molecule has 0 amide bonds. The number of hydrogen-bond donors (Lipinski definition) is 1. The van der Waals surface area contributed by atoms with Gasteiger partial charge in [0.1, 0.15) is 11.5 Å². The van der Waals surface area contributed by atoms with E-state index in [1.165, 1.54) is 0 Å². The number of carbonyl (C=O) groups is 1. The van der Waals surface area contributed by atoms with Gasteiger partial charge in [0.15, 0.2) is 0 Å². The fourth-order valence-corrected chi connectivity index (χ4v) is 2.31. The van der Waals surface area contributed by atoms with Gasteiger partial charge in [0.25, 0.3) is 0 Å². The smallest absolute Gasteiger partial charge is 0.307 e. The van der Waals surface area contributed by atoms with Crippen molar-refractivity contribution in [2.75, 3.05) is 13.2 Å². The normalized spacial score (nSPS) is 10.3. The van der Waals surface area contributed by atoms with Gasteiger partial charge >= 0.3 is 5.97 Å². The summed E-state index contributed by atoms with van der Waals surface area (Å²) in [4.78, 5) is 11.1. The predicted octanol–water partition coefficient (Wildman–Crippen LogP) is 3.78. The summed E-state index contributed by atoms with van der Waals surface area (Å²) in [6, 6.07) is 13.5. The number of rotatable bonds is 7. The van der Waals surface area contributed by atoms with Crippen LogP contribution in [-0.4, -0.2) is 24.3 Å². The van der Waals surface area contributed by atoms with Gasteiger partial charge < -0.3 is 14.6 Å². The average molecular weight is 300 g/mol. The van der Waals surface area contributed by atoms with Crippen molar-refractivity contribution in [1.29, 1.82) is 0 Å². The molecule has 2 rings (SSSR count). The second-order valence-corrected chi connectivity index (χ2v) is 4.76. The first-order valence-electron chi connectivity index (χ1n) is 7.35. The molecule has 0 aliphatic rings. The van der Waals surface area contributed by atoms with Gasteiger partial charge in [0.2, 0.25) is 0 Å². The summed E-state index contributed by atoms with van der Waals surface area (Å²) in [6.45, 7) is 4.78. The van der Waals surface area contributed by atoms with Crippen LogP contribution in [0.1, 0.15) is 19.4 Å². The topological polar surface area (TPSA) is 55.8 Å². The first kappa shape index (κ1) is 15.9. The van der Waals surface area contributed by atoms with Gasteiger partial charge in [-0.3, -0.25) is 4.79 Å². The number of carboxylic acid groups (broad SMARTS) is 1. The van der Waals surface area contributed by atoms with E-state index in [4.69, 9.17) is 14.6 Å². The molecule has 2 aromatic carbocycles. The lowest BCUT2D eigenvalue weighted by molar-refractivity contribution is -0.136. The van der Waals surface area contributed by atoms with Gasteiger partial charge in [0.05, 0.1) is 19.6 Å². The molecule has 0 saturated heterocycles. The van der Waals surface area contributed by atoms with E-state index in [0.717, 1.165) is 11.1 Å². The lowest BCUT2D eigenvalue weighted by Gasteiger charge is -2.16. The van der Waals surface area contributed by atoms with Crippen molar-refractivity contribution in [3.8, 4) is 22.6 Å². The highest BCUT2D eigenvalue weighted by molar-refractivity contribution is 5.77. The van der Waals surface area contributed by atoms with Crippen molar-refractivity contribution in [2.45, 2.75) is 20.3 Å². The zero-order chi connectivity index (χ0) is 15.9. The van der Waals surface area contributed by atoms with Crippen LogP contribution in [0, 0.1) is 0 Å². The summed E-state index contributed by atoms with van der Waals surface area (Å²) in [5.74, 6) is 0.372. The highest BCUT2D eigenvalue weighted by atomic mass is 16.5. The zero-order valence-electron chi connectivity index (χ0n) is 12.8. The number of benzene rings is 2. The molecule has 116 valence electrons. The second-order valence-electron chi connectivity index (χ2n) is 4.76. The Labute approximate surface area is 130 Å². The van der Waals surface area contributed by atoms with Crippen LogP contribution in [0.15, 0.2) is 42.5 Å². The Morgan fingerprint density at radius 3 is 2.23 bits per heavy atom. The molecule has 1 N–H and O–H groups in total. The molecule has 0 aliphatic carbocycles. The lowest BCUT2D eigenvalue weighted by Crippen LogP contribution is -2.05. The van der Waals surface area contributed by atoms with Crippen LogP contribution in [0.4, 0.5) is 0 Å². The maximum absolute atomic E-state index is 11.1. The van der Waals surface area contributed by atoms with Crippen LogP contribution in [0.3, 0.4) is 0 Å². The summed E-state index contributed by atoms with van der Waals surface area (Å²) in [7, 11) is 0. The first-order chi connectivity index (χ1) is 10.7. The Bertz CT molecular complexity index is 635. The standard InChI is InChI=1S/C18H20O4/c1-3-21-16-12-15(13-8-6-5-7-9-13)17(22-4-2)10-14(16)11-18(19)20/h5-10,12H,3-4,11H2,1-2H3,(H,19,20). The Morgan fingerprint density at radius 2 is 1.64 bits per heavy atom. The molecular formula is C18H20O4. The van der Waals surface area contributed by atoms with E-state index in [0.29, 0.717) is 30.3 Å². The van der Waals surface area contributed by atoms with Gasteiger partial charge in [-0.2, -0.15) is 0 Å². The summed E-state index contributed by atoms with van der Waals surface area (Å²) in [5.41, 5.74) is 2.53. The van der Waals surface area contributed by atoms with E-state index >= 15 is 0 Å². The minimum Gasteiger partial charge on any atom is -0.494 e. The van der Waals surface area contributed by atoms with Crippen LogP contribution in [-0.2, 0) is 11.2 Å². The molecule has 0 fully saturated rings. The monoisotopic (exact) mass is 300 g/mol. The quantitative estimate of drug-likeness (QED) is 0.845. The number of aliphatic carboxylic acids is 1. The van der Waals surface area contributed by atoms with Gasteiger partial charge in [-0.15, -0.1) is 0 Å². The summed E-state index contributed by atoms with van der Waals surface area (Å²) in [5, 5.41) is 9.07. The molecule has 2 aromatic rings. The molecule has 0 saturated carbocycles. The number of ether oxygens (including phenoxy) is 2. The summed E-state index contributed by atoms with van der Waals surface area (Å²) in [6.07, 6.45) is -0.0928. The third kappa shape index (κ3) is 3.79. The van der Waals surface area contributed by atoms with Gasteiger partial charge in [-0.1, -0.05) is 30.3 Å². The maximum atomic E-state index is 11.1. The fourth-order valence-electron chi connectivity index (χ4n) is 2.31. The Hall–Kier alpha value is -2.49. The molecule has 22 heavy (non-hydrogen) atoms. The summed E-state index contributed by atoms with van der Waals surface area (Å²) < 4.78 is 11.3. The van der Waals surface area contributed by atoms with Crippen molar-refractivity contribution in [3.63, 3.8) is 0 Å². The Morgan fingerprint density at radius 1 is 1.00 bits per heavy atom. The van der Waals surface area contributed by atoms with E-state index in [2.05, 4.69) is 0 Å². The lowest BCUT2D eigenvalue weighted by atomic mass is 10.0.